The van der Waals surface area contributed by atoms with Crippen molar-refractivity contribution in [2.24, 2.45) is 0 Å². The molecule has 0 spiro atoms. The Balaban J connectivity index is 1.59. The highest BCUT2D eigenvalue weighted by molar-refractivity contribution is 5.88. The fourth-order valence-corrected chi connectivity index (χ4v) is 3.33. The molecule has 4 aromatic rings. The smallest absolute Gasteiger partial charge is 0.331 e. The van der Waals surface area contributed by atoms with Crippen LogP contribution in [0.25, 0.3) is 23.0 Å². The fourth-order valence-electron chi connectivity index (χ4n) is 3.33. The third-order valence-corrected chi connectivity index (χ3v) is 5.16. The molecule has 0 radical (unpaired) electrons. The van der Waals surface area contributed by atoms with Gasteiger partial charge in [-0.3, -0.25) is 0 Å². The van der Waals surface area contributed by atoms with E-state index in [0.717, 1.165) is 16.8 Å². The summed E-state index contributed by atoms with van der Waals surface area (Å²) in [5, 5.41) is 8.62. The van der Waals surface area contributed by atoms with E-state index in [9.17, 15) is 4.79 Å². The molecule has 9 heteroatoms. The van der Waals surface area contributed by atoms with Crippen molar-refractivity contribution in [3.05, 3.63) is 78.1 Å². The van der Waals surface area contributed by atoms with Crippen molar-refractivity contribution in [1.29, 1.82) is 0 Å². The van der Waals surface area contributed by atoms with Gasteiger partial charge in [0.25, 0.3) is 5.89 Å². The van der Waals surface area contributed by atoms with E-state index in [1.165, 1.54) is 6.08 Å². The van der Waals surface area contributed by atoms with Crippen LogP contribution in [0.4, 0.5) is 0 Å². The van der Waals surface area contributed by atoms with Crippen LogP contribution in [0.15, 0.2) is 65.3 Å². The number of esters is 1. The van der Waals surface area contributed by atoms with Crippen LogP contribution in [0.3, 0.4) is 0 Å². The fraction of sp³-hybridized carbons (Fsp3) is 0.231. The van der Waals surface area contributed by atoms with E-state index < -0.39 is 5.97 Å². The Kier molecular flexibility index (Phi) is 7.25. The van der Waals surface area contributed by atoms with E-state index in [4.69, 9.17) is 23.8 Å². The number of methoxy groups -OCH3 is 2. The van der Waals surface area contributed by atoms with E-state index in [0.29, 0.717) is 23.0 Å². The molecule has 9 nitrogen and oxygen atoms in total. The Hall–Kier alpha value is -4.40. The second-order valence-corrected chi connectivity index (χ2v) is 7.92. The number of carbonyl (C=O) groups is 1. The standard InChI is InChI=1S/C26H26N4O5/c1-17(2)26-27-23(35-29-26)16-34-24(31)13-11-19-15-30(20-8-6-5-7-9-20)28-25(19)18-10-12-21(32-3)22(14-18)33-4/h5-15,17H,16H2,1-4H3/b13-11+. The lowest BCUT2D eigenvalue weighted by atomic mass is 10.1. The second-order valence-electron chi connectivity index (χ2n) is 7.92. The molecular weight excluding hydrogens is 448 g/mol. The highest BCUT2D eigenvalue weighted by Crippen LogP contribution is 2.33. The third-order valence-electron chi connectivity index (χ3n) is 5.16. The number of benzene rings is 2. The molecule has 2 aromatic heterocycles. The largest absolute Gasteiger partial charge is 0.493 e. The quantitative estimate of drug-likeness (QED) is 0.251. The summed E-state index contributed by atoms with van der Waals surface area (Å²) in [6.45, 7) is 3.80. The predicted molar refractivity (Wildman–Crippen MR) is 129 cm³/mol. The molecule has 0 aliphatic rings. The summed E-state index contributed by atoms with van der Waals surface area (Å²) < 4.78 is 22.9. The van der Waals surface area contributed by atoms with Gasteiger partial charge < -0.3 is 18.7 Å². The second kappa shape index (κ2) is 10.7. The SMILES string of the molecule is COc1ccc(-c2nn(-c3ccccc3)cc2/C=C/C(=O)OCc2nc(C(C)C)no2)cc1OC. The van der Waals surface area contributed by atoms with Gasteiger partial charge in [-0.25, -0.2) is 9.48 Å². The zero-order chi connectivity index (χ0) is 24.8. The van der Waals surface area contributed by atoms with Crippen LogP contribution < -0.4 is 9.47 Å². The summed E-state index contributed by atoms with van der Waals surface area (Å²) in [7, 11) is 3.16. The minimum absolute atomic E-state index is 0.102. The maximum atomic E-state index is 12.4. The Bertz CT molecular complexity index is 1320. The third kappa shape index (κ3) is 5.57. The first-order chi connectivity index (χ1) is 17.0. The van der Waals surface area contributed by atoms with Gasteiger partial charge in [0.15, 0.2) is 23.9 Å². The highest BCUT2D eigenvalue weighted by Gasteiger charge is 2.15. The molecule has 0 unspecified atom stereocenters. The lowest BCUT2D eigenvalue weighted by Gasteiger charge is -2.09. The zero-order valence-electron chi connectivity index (χ0n) is 20.0. The molecule has 0 aliphatic heterocycles. The van der Waals surface area contributed by atoms with Crippen LogP contribution >= 0.6 is 0 Å². The summed E-state index contributed by atoms with van der Waals surface area (Å²) in [4.78, 5) is 16.6. The van der Waals surface area contributed by atoms with Gasteiger partial charge in [-0.2, -0.15) is 10.1 Å². The predicted octanol–water partition coefficient (Wildman–Crippen LogP) is 4.82. The molecular formula is C26H26N4O5. The highest BCUT2D eigenvalue weighted by atomic mass is 16.6. The molecule has 0 amide bonds. The molecule has 0 atom stereocenters. The van der Waals surface area contributed by atoms with Gasteiger partial charge >= 0.3 is 5.97 Å². The molecule has 0 aliphatic carbocycles. The van der Waals surface area contributed by atoms with Gasteiger partial charge in [-0.1, -0.05) is 37.2 Å². The molecule has 0 bridgehead atoms. The lowest BCUT2D eigenvalue weighted by Crippen LogP contribution is -2.01. The average Bonchev–Trinajstić information content (AvgIpc) is 3.54. The van der Waals surface area contributed by atoms with E-state index in [1.54, 1.807) is 25.0 Å². The number of carbonyl (C=O) groups excluding carboxylic acids is 1. The number of para-hydroxylation sites is 1. The summed E-state index contributed by atoms with van der Waals surface area (Å²) >= 11 is 0. The van der Waals surface area contributed by atoms with Crippen LogP contribution in [0.5, 0.6) is 11.5 Å². The monoisotopic (exact) mass is 474 g/mol. The Labute approximate surface area is 202 Å². The van der Waals surface area contributed by atoms with E-state index in [1.807, 2.05) is 68.6 Å². The van der Waals surface area contributed by atoms with Gasteiger partial charge in [0.05, 0.1) is 19.9 Å². The van der Waals surface area contributed by atoms with Crippen molar-refractivity contribution in [2.45, 2.75) is 26.4 Å². The molecule has 0 fully saturated rings. The van der Waals surface area contributed by atoms with Gasteiger partial charge in [-0.05, 0) is 36.4 Å². The topological polar surface area (TPSA) is 102 Å². The number of aromatic nitrogens is 4. The number of hydrogen-bond donors (Lipinski definition) is 0. The molecule has 2 aromatic carbocycles. The number of hydrogen-bond acceptors (Lipinski definition) is 8. The molecule has 35 heavy (non-hydrogen) atoms. The zero-order valence-corrected chi connectivity index (χ0v) is 20.0. The molecule has 0 saturated carbocycles. The van der Waals surface area contributed by atoms with Crippen molar-refractivity contribution in [2.75, 3.05) is 14.2 Å². The van der Waals surface area contributed by atoms with Crippen LogP contribution in [0.2, 0.25) is 0 Å². The van der Waals surface area contributed by atoms with Crippen molar-refractivity contribution in [1.82, 2.24) is 19.9 Å². The van der Waals surface area contributed by atoms with Gasteiger partial charge in [0.2, 0.25) is 0 Å². The first-order valence-corrected chi connectivity index (χ1v) is 11.0. The Morgan fingerprint density at radius 3 is 2.54 bits per heavy atom. The Morgan fingerprint density at radius 2 is 1.86 bits per heavy atom. The van der Waals surface area contributed by atoms with E-state index >= 15 is 0 Å². The van der Waals surface area contributed by atoms with Gasteiger partial charge in [-0.15, -0.1) is 0 Å². The van der Waals surface area contributed by atoms with E-state index in [2.05, 4.69) is 10.1 Å². The molecule has 0 saturated heterocycles. The molecule has 4 rings (SSSR count). The number of rotatable bonds is 9. The summed E-state index contributed by atoms with van der Waals surface area (Å²) in [6.07, 6.45) is 4.85. The first kappa shape index (κ1) is 23.7. The number of nitrogens with zero attached hydrogens (tertiary/aromatic N) is 4. The first-order valence-electron chi connectivity index (χ1n) is 11.0. The molecule has 180 valence electrons. The van der Waals surface area contributed by atoms with Crippen molar-refractivity contribution >= 4 is 12.0 Å². The van der Waals surface area contributed by atoms with Crippen molar-refractivity contribution in [3.63, 3.8) is 0 Å². The van der Waals surface area contributed by atoms with Crippen LogP contribution in [0, 0.1) is 0 Å². The van der Waals surface area contributed by atoms with Crippen molar-refractivity contribution in [3.8, 4) is 28.4 Å². The van der Waals surface area contributed by atoms with Gasteiger partial charge in [0, 0.05) is 29.3 Å². The summed E-state index contributed by atoms with van der Waals surface area (Å²) in [5.41, 5.74) is 3.07. The van der Waals surface area contributed by atoms with Crippen LogP contribution in [-0.2, 0) is 16.1 Å². The number of ether oxygens (including phenoxy) is 3. The minimum atomic E-state index is -0.542. The minimum Gasteiger partial charge on any atom is -0.493 e. The van der Waals surface area contributed by atoms with Crippen LogP contribution in [0.1, 0.15) is 37.0 Å². The normalized spacial score (nSPS) is 11.2. The van der Waals surface area contributed by atoms with Crippen LogP contribution in [-0.4, -0.2) is 40.1 Å². The maximum Gasteiger partial charge on any atom is 0.331 e. The van der Waals surface area contributed by atoms with E-state index in [-0.39, 0.29) is 18.4 Å². The molecule has 2 heterocycles. The summed E-state index contributed by atoms with van der Waals surface area (Å²) in [6, 6.07) is 15.2. The average molecular weight is 475 g/mol. The van der Waals surface area contributed by atoms with Crippen molar-refractivity contribution < 1.29 is 23.5 Å². The van der Waals surface area contributed by atoms with Gasteiger partial charge in [0.1, 0.15) is 5.69 Å². The lowest BCUT2D eigenvalue weighted by molar-refractivity contribution is -0.139. The summed E-state index contributed by atoms with van der Waals surface area (Å²) in [5.74, 6) is 1.59. The molecule has 0 N–H and O–H groups in total. The maximum absolute atomic E-state index is 12.4. The Morgan fingerprint density at radius 1 is 1.09 bits per heavy atom.